The number of benzene rings is 3. The van der Waals surface area contributed by atoms with Gasteiger partial charge >= 0.3 is 12.1 Å². The van der Waals surface area contributed by atoms with Crippen LogP contribution in [0.25, 0.3) is 10.9 Å². The van der Waals surface area contributed by atoms with Gasteiger partial charge in [0.25, 0.3) is 0 Å². The normalized spacial score (nSPS) is 14.5. The number of aliphatic hydroxyl groups is 1. The first-order valence-corrected chi connectivity index (χ1v) is 17.3. The molecule has 0 radical (unpaired) electrons. The van der Waals surface area contributed by atoms with E-state index in [1.807, 2.05) is 53.4 Å². The van der Waals surface area contributed by atoms with Crippen molar-refractivity contribution in [2.24, 2.45) is 0 Å². The first-order chi connectivity index (χ1) is 25.3. The van der Waals surface area contributed by atoms with Crippen molar-refractivity contribution in [3.63, 3.8) is 0 Å². The van der Waals surface area contributed by atoms with Crippen LogP contribution in [0, 0.1) is 0 Å². The lowest BCUT2D eigenvalue weighted by atomic mass is 10.0. The number of phenols is 1. The van der Waals surface area contributed by atoms with Gasteiger partial charge in [-0.1, -0.05) is 54.6 Å². The molecule has 2 heterocycles. The van der Waals surface area contributed by atoms with Crippen molar-refractivity contribution in [2.75, 3.05) is 26.2 Å². The number of aliphatic hydroxyl groups excluding tert-OH is 1. The third kappa shape index (κ3) is 11.6. The van der Waals surface area contributed by atoms with E-state index in [1.165, 1.54) is 12.1 Å². The quantitative estimate of drug-likeness (QED) is 0.1000. The molecule has 1 aliphatic heterocycles. The minimum Gasteiger partial charge on any atom is -0.506 e. The van der Waals surface area contributed by atoms with Crippen LogP contribution in [0.5, 0.6) is 5.75 Å². The molecule has 1 saturated heterocycles. The van der Waals surface area contributed by atoms with Gasteiger partial charge in [0.1, 0.15) is 11.9 Å². The number of fused-ring (bicyclic) bond motifs is 1. The van der Waals surface area contributed by atoms with Gasteiger partial charge in [-0.25, -0.2) is 4.79 Å². The zero-order chi connectivity index (χ0) is 38.0. The van der Waals surface area contributed by atoms with Crippen molar-refractivity contribution in [1.29, 1.82) is 0 Å². The summed E-state index contributed by atoms with van der Waals surface area (Å²) in [5.74, 6) is -2.53. The summed E-state index contributed by atoms with van der Waals surface area (Å²) in [6.45, 7) is 2.71. The monoisotopic (exact) mass is 737 g/mol. The predicted molar refractivity (Wildman–Crippen MR) is 189 cm³/mol. The van der Waals surface area contributed by atoms with Gasteiger partial charge in [0.2, 0.25) is 17.4 Å². The van der Waals surface area contributed by atoms with Crippen LogP contribution in [0.4, 0.5) is 13.2 Å². The highest BCUT2D eigenvalue weighted by Crippen LogP contribution is 2.28. The van der Waals surface area contributed by atoms with E-state index in [1.54, 1.807) is 12.1 Å². The first kappa shape index (κ1) is 39.0. The lowest BCUT2D eigenvalue weighted by molar-refractivity contribution is -0.206. The molecular formula is C38H42F3N5O7. The Morgan fingerprint density at radius 2 is 1.42 bits per heavy atom. The summed E-state index contributed by atoms with van der Waals surface area (Å²) < 4.78 is 41.7. The Bertz CT molecular complexity index is 1930. The summed E-state index contributed by atoms with van der Waals surface area (Å²) in [7, 11) is 0. The van der Waals surface area contributed by atoms with Gasteiger partial charge in [-0.05, 0) is 52.8 Å². The smallest absolute Gasteiger partial charge is 0.490 e. The number of ether oxygens (including phenoxy) is 1. The van der Waals surface area contributed by atoms with E-state index < -0.39 is 24.4 Å². The van der Waals surface area contributed by atoms with Crippen LogP contribution in [0.2, 0.25) is 0 Å². The van der Waals surface area contributed by atoms with Crippen LogP contribution in [0.1, 0.15) is 53.2 Å². The Labute approximate surface area is 303 Å². The number of likely N-dealkylation sites (tertiary alicyclic amines) is 1. The number of alkyl halides is 3. The SMILES string of the molecule is O=C(CCN1CCC(OC(=O)C(F)(F)F)CC1)NCc1ccc(CNC(=O)Cc2ccc(CNC[C@H](O)c3ccc(O)c4[nH]c(=O)ccc34)cc2)cc1. The zero-order valence-electron chi connectivity index (χ0n) is 28.9. The number of carbonyl (C=O) groups excluding carboxylic acids is 3. The Morgan fingerprint density at radius 3 is 2.04 bits per heavy atom. The van der Waals surface area contributed by atoms with Crippen LogP contribution < -0.4 is 21.5 Å². The van der Waals surface area contributed by atoms with E-state index in [4.69, 9.17) is 0 Å². The number of aromatic nitrogens is 1. The molecule has 3 aromatic carbocycles. The van der Waals surface area contributed by atoms with E-state index in [0.29, 0.717) is 50.2 Å². The lowest BCUT2D eigenvalue weighted by Crippen LogP contribution is -2.41. The summed E-state index contributed by atoms with van der Waals surface area (Å²) in [5.41, 5.74) is 4.11. The van der Waals surface area contributed by atoms with Crippen molar-refractivity contribution in [2.45, 2.75) is 63.7 Å². The van der Waals surface area contributed by atoms with Crippen LogP contribution in [-0.2, 0) is 45.2 Å². The maximum Gasteiger partial charge on any atom is 0.490 e. The number of phenolic OH excluding ortho intramolecular Hbond substituents is 1. The number of esters is 1. The molecule has 1 aromatic heterocycles. The summed E-state index contributed by atoms with van der Waals surface area (Å²) in [6, 6.07) is 21.1. The molecule has 1 atom stereocenters. The molecule has 0 aliphatic carbocycles. The van der Waals surface area contributed by atoms with Gasteiger partial charge in [-0.2, -0.15) is 13.2 Å². The molecule has 1 fully saturated rings. The molecule has 12 nitrogen and oxygen atoms in total. The molecule has 1 aliphatic rings. The average molecular weight is 738 g/mol. The fraction of sp³-hybridized carbons (Fsp3) is 0.368. The number of aromatic hydroxyl groups is 1. The largest absolute Gasteiger partial charge is 0.506 e. The molecular weight excluding hydrogens is 695 g/mol. The minimum absolute atomic E-state index is 0.0693. The predicted octanol–water partition coefficient (Wildman–Crippen LogP) is 3.49. The van der Waals surface area contributed by atoms with Crippen LogP contribution in [-0.4, -0.2) is 76.3 Å². The topological polar surface area (TPSA) is 173 Å². The number of aromatic amines is 1. The Morgan fingerprint density at radius 1 is 0.830 bits per heavy atom. The van der Waals surface area contributed by atoms with E-state index in [-0.39, 0.29) is 60.9 Å². The molecule has 5 rings (SSSR count). The van der Waals surface area contributed by atoms with E-state index in [2.05, 4.69) is 25.7 Å². The fourth-order valence-corrected chi connectivity index (χ4v) is 6.03. The van der Waals surface area contributed by atoms with Crippen LogP contribution in [0.15, 0.2) is 77.6 Å². The number of pyridine rings is 1. The second kappa shape index (κ2) is 18.0. The van der Waals surface area contributed by atoms with Crippen molar-refractivity contribution in [3.05, 3.63) is 111 Å². The number of hydrogen-bond acceptors (Lipinski definition) is 9. The molecule has 0 saturated carbocycles. The van der Waals surface area contributed by atoms with Crippen molar-refractivity contribution < 1.29 is 42.5 Å². The molecule has 4 aromatic rings. The van der Waals surface area contributed by atoms with Crippen LogP contribution in [0.3, 0.4) is 0 Å². The minimum atomic E-state index is -5.00. The molecule has 15 heteroatoms. The number of carbonyl (C=O) groups is 3. The third-order valence-electron chi connectivity index (χ3n) is 9.02. The average Bonchev–Trinajstić information content (AvgIpc) is 3.14. The van der Waals surface area contributed by atoms with Gasteiger partial charge in [0, 0.05) is 63.7 Å². The molecule has 6 N–H and O–H groups in total. The number of nitrogens with one attached hydrogen (secondary N) is 4. The fourth-order valence-electron chi connectivity index (χ4n) is 6.03. The van der Waals surface area contributed by atoms with E-state index in [0.717, 1.165) is 22.3 Å². The number of amides is 2. The first-order valence-electron chi connectivity index (χ1n) is 17.3. The summed E-state index contributed by atoms with van der Waals surface area (Å²) in [4.78, 5) is 52.2. The molecule has 53 heavy (non-hydrogen) atoms. The summed E-state index contributed by atoms with van der Waals surface area (Å²) in [5, 5.41) is 30.4. The van der Waals surface area contributed by atoms with Crippen molar-refractivity contribution in [1.82, 2.24) is 25.8 Å². The zero-order valence-corrected chi connectivity index (χ0v) is 28.9. The number of rotatable bonds is 15. The van der Waals surface area contributed by atoms with Crippen molar-refractivity contribution >= 4 is 28.7 Å². The second-order valence-corrected chi connectivity index (χ2v) is 13.0. The van der Waals surface area contributed by atoms with Gasteiger partial charge < -0.3 is 40.8 Å². The number of H-pyrrole nitrogens is 1. The number of nitrogens with zero attached hydrogens (tertiary/aromatic N) is 1. The Kier molecular flexibility index (Phi) is 13.2. The number of halogens is 3. The standard InChI is InChI=1S/C38H42F3N5O7/c39-38(40,41)37(52)53-28-13-16-46(17-14-28)18-15-33(49)43-21-26-5-7-27(8-6-26)22-44-35(51)19-24-1-3-25(4-2-24)20-42-23-32(48)29-9-11-31(47)36-30(29)10-12-34(50)45-36/h1-12,28,32,42,47-48H,13-23H2,(H,43,49)(H,44,51)(H,45,50)/t32-/m0/s1. The highest BCUT2D eigenvalue weighted by atomic mass is 19.4. The molecule has 0 bridgehead atoms. The molecule has 0 spiro atoms. The summed E-state index contributed by atoms with van der Waals surface area (Å²) >= 11 is 0. The maximum atomic E-state index is 12.6. The molecule has 2 amide bonds. The van der Waals surface area contributed by atoms with Gasteiger partial charge in [0.15, 0.2) is 0 Å². The van der Waals surface area contributed by atoms with Gasteiger partial charge in [-0.3, -0.25) is 14.4 Å². The van der Waals surface area contributed by atoms with Gasteiger partial charge in [0.05, 0.1) is 18.0 Å². The molecule has 0 unspecified atom stereocenters. The summed E-state index contributed by atoms with van der Waals surface area (Å²) in [6.07, 6.45) is -5.65. The second-order valence-electron chi connectivity index (χ2n) is 13.0. The van der Waals surface area contributed by atoms with Crippen molar-refractivity contribution in [3.8, 4) is 5.75 Å². The Hall–Kier alpha value is -5.25. The number of hydrogen-bond donors (Lipinski definition) is 6. The van der Waals surface area contributed by atoms with Gasteiger partial charge in [-0.15, -0.1) is 0 Å². The lowest BCUT2D eigenvalue weighted by Gasteiger charge is -2.31. The Balaban J connectivity index is 0.953. The highest BCUT2D eigenvalue weighted by Gasteiger charge is 2.42. The van der Waals surface area contributed by atoms with E-state index in [9.17, 15) is 42.6 Å². The number of piperidine rings is 1. The highest BCUT2D eigenvalue weighted by molar-refractivity contribution is 5.87. The van der Waals surface area contributed by atoms with Crippen LogP contribution >= 0.6 is 0 Å². The van der Waals surface area contributed by atoms with E-state index >= 15 is 0 Å². The molecule has 282 valence electrons. The third-order valence-corrected chi connectivity index (χ3v) is 9.02. The maximum absolute atomic E-state index is 12.6.